The lowest BCUT2D eigenvalue weighted by molar-refractivity contribution is -0.127. The van der Waals surface area contributed by atoms with E-state index in [4.69, 9.17) is 17.1 Å². The van der Waals surface area contributed by atoms with Crippen LogP contribution in [0, 0.1) is 29.1 Å². The first-order chi connectivity index (χ1) is 17.4. The van der Waals surface area contributed by atoms with Crippen LogP contribution in [0.2, 0.25) is 0 Å². The zero-order valence-electron chi connectivity index (χ0n) is 20.1. The minimum absolute atomic E-state index is 0.217. The van der Waals surface area contributed by atoms with Gasteiger partial charge in [-0.15, -0.1) is 6.42 Å². The number of nitriles is 1. The Morgan fingerprint density at radius 1 is 1.14 bits per heavy atom. The normalized spacial score (nSPS) is 16.8. The number of terminal acetylenes is 1. The van der Waals surface area contributed by atoms with Gasteiger partial charge in [0.1, 0.15) is 11.9 Å². The van der Waals surface area contributed by atoms with E-state index in [0.717, 1.165) is 54.0 Å². The summed E-state index contributed by atoms with van der Waals surface area (Å²) in [4.78, 5) is 25.1. The summed E-state index contributed by atoms with van der Waals surface area (Å²) in [5.74, 6) is 2.90. The Balaban J connectivity index is 1.36. The Hall–Kier alpha value is -4.63. The molecule has 0 aromatic carbocycles. The molecule has 180 valence electrons. The van der Waals surface area contributed by atoms with Gasteiger partial charge in [0.2, 0.25) is 0 Å². The standard InChI is InChI=1S/C27H26N8O/c1-3-25(36)34-8-6-27(7-9-34)17-35(18-27)24-5-4-19(13-30-24)23-10-20(22-15-32-33(2)16-22)14-31-26(23)21(11-28)12-29/h1,4-5,10-11,13-16H,6-9,17-18,28H2,2H3. The molecular formula is C27H26N8O. The largest absolute Gasteiger partial charge is 0.403 e. The SMILES string of the molecule is C#CC(=O)N1CCC2(CC1)CN(c1ccc(-c3cc(-c4cnn(C)c4)cnc3C(C#N)=CN)cn1)C2. The zero-order valence-corrected chi connectivity index (χ0v) is 20.1. The van der Waals surface area contributed by atoms with Gasteiger partial charge in [0.25, 0.3) is 5.91 Å². The van der Waals surface area contributed by atoms with E-state index in [2.05, 4.69) is 27.0 Å². The number of pyridine rings is 2. The van der Waals surface area contributed by atoms with Gasteiger partial charge in [0, 0.05) is 85.7 Å². The first-order valence-corrected chi connectivity index (χ1v) is 11.7. The van der Waals surface area contributed by atoms with Crippen LogP contribution in [-0.2, 0) is 11.8 Å². The van der Waals surface area contributed by atoms with Crippen LogP contribution in [0.1, 0.15) is 18.5 Å². The summed E-state index contributed by atoms with van der Waals surface area (Å²) >= 11 is 0. The summed E-state index contributed by atoms with van der Waals surface area (Å²) in [5.41, 5.74) is 10.2. The molecule has 9 heteroatoms. The number of carbonyl (C=O) groups is 1. The van der Waals surface area contributed by atoms with E-state index >= 15 is 0 Å². The summed E-state index contributed by atoms with van der Waals surface area (Å²) in [6.07, 6.45) is 15.7. The molecule has 5 heterocycles. The number of rotatable bonds is 4. The van der Waals surface area contributed by atoms with Gasteiger partial charge < -0.3 is 15.5 Å². The van der Waals surface area contributed by atoms with Crippen molar-refractivity contribution in [3.63, 3.8) is 0 Å². The van der Waals surface area contributed by atoms with Gasteiger partial charge in [0.05, 0.1) is 17.5 Å². The molecule has 36 heavy (non-hydrogen) atoms. The molecule has 0 atom stereocenters. The summed E-state index contributed by atoms with van der Waals surface area (Å²) in [7, 11) is 1.86. The smallest absolute Gasteiger partial charge is 0.298 e. The maximum Gasteiger partial charge on any atom is 0.298 e. The van der Waals surface area contributed by atoms with Crippen molar-refractivity contribution in [2.45, 2.75) is 12.8 Å². The number of nitrogens with two attached hydrogens (primary N) is 1. The third-order valence-electron chi connectivity index (χ3n) is 7.14. The average Bonchev–Trinajstić information content (AvgIpc) is 3.34. The van der Waals surface area contributed by atoms with Gasteiger partial charge in [-0.05, 0) is 37.0 Å². The quantitative estimate of drug-likeness (QED) is 0.452. The molecule has 2 aliphatic rings. The van der Waals surface area contributed by atoms with Crippen molar-refractivity contribution in [3.05, 3.63) is 54.9 Å². The molecule has 0 aliphatic carbocycles. The Kier molecular flexibility index (Phi) is 5.91. The summed E-state index contributed by atoms with van der Waals surface area (Å²) in [6.45, 7) is 3.24. The maximum atomic E-state index is 11.8. The second-order valence-corrected chi connectivity index (χ2v) is 9.41. The topological polar surface area (TPSA) is 117 Å². The van der Waals surface area contributed by atoms with Crippen molar-refractivity contribution in [3.8, 4) is 40.7 Å². The van der Waals surface area contributed by atoms with E-state index in [-0.39, 0.29) is 11.3 Å². The summed E-state index contributed by atoms with van der Waals surface area (Å²) < 4.78 is 1.73. The Bertz CT molecular complexity index is 1410. The second kappa shape index (κ2) is 9.20. The molecule has 0 radical (unpaired) electrons. The van der Waals surface area contributed by atoms with E-state index < -0.39 is 0 Å². The van der Waals surface area contributed by atoms with E-state index in [9.17, 15) is 10.1 Å². The molecule has 0 saturated carbocycles. The van der Waals surface area contributed by atoms with E-state index in [1.54, 1.807) is 22.0 Å². The molecule has 2 fully saturated rings. The van der Waals surface area contributed by atoms with Crippen LogP contribution in [0.25, 0.3) is 27.8 Å². The van der Waals surface area contributed by atoms with E-state index in [0.29, 0.717) is 24.4 Å². The molecule has 2 N–H and O–H groups in total. The van der Waals surface area contributed by atoms with Crippen LogP contribution >= 0.6 is 0 Å². The fraction of sp³-hybridized carbons (Fsp3) is 0.296. The molecule has 1 spiro atoms. The van der Waals surface area contributed by atoms with Gasteiger partial charge >= 0.3 is 0 Å². The monoisotopic (exact) mass is 478 g/mol. The van der Waals surface area contributed by atoms with Crippen molar-refractivity contribution in [2.24, 2.45) is 18.2 Å². The number of hydrogen-bond donors (Lipinski definition) is 1. The average molecular weight is 479 g/mol. The number of aromatic nitrogens is 4. The molecule has 9 nitrogen and oxygen atoms in total. The van der Waals surface area contributed by atoms with Gasteiger partial charge in [-0.3, -0.25) is 14.5 Å². The van der Waals surface area contributed by atoms with Gasteiger partial charge in [-0.2, -0.15) is 10.4 Å². The number of anilines is 1. The number of allylic oxidation sites excluding steroid dienone is 1. The third-order valence-corrected chi connectivity index (χ3v) is 7.14. The Labute approximate surface area is 209 Å². The third kappa shape index (κ3) is 4.16. The lowest BCUT2D eigenvalue weighted by atomic mass is 9.72. The number of likely N-dealkylation sites (tertiary alicyclic amines) is 1. The fourth-order valence-corrected chi connectivity index (χ4v) is 5.05. The molecule has 2 saturated heterocycles. The summed E-state index contributed by atoms with van der Waals surface area (Å²) in [5, 5.41) is 13.8. The molecule has 0 unspecified atom stereocenters. The number of hydrogen-bond acceptors (Lipinski definition) is 7. The van der Waals surface area contributed by atoms with Crippen LogP contribution in [0.15, 0.2) is 49.2 Å². The molecule has 0 bridgehead atoms. The van der Waals surface area contributed by atoms with Crippen LogP contribution < -0.4 is 10.6 Å². The molecule has 5 rings (SSSR count). The van der Waals surface area contributed by atoms with Gasteiger partial charge in [0.15, 0.2) is 0 Å². The second-order valence-electron chi connectivity index (χ2n) is 9.41. The van der Waals surface area contributed by atoms with Crippen LogP contribution in [-0.4, -0.2) is 56.7 Å². The highest BCUT2D eigenvalue weighted by molar-refractivity contribution is 5.93. The molecular weight excluding hydrogens is 452 g/mol. The predicted molar refractivity (Wildman–Crippen MR) is 137 cm³/mol. The molecule has 2 aliphatic heterocycles. The molecule has 1 amide bonds. The number of piperidine rings is 1. The number of carbonyl (C=O) groups excluding carboxylic acids is 1. The van der Waals surface area contributed by atoms with Crippen molar-refractivity contribution >= 4 is 17.3 Å². The summed E-state index contributed by atoms with van der Waals surface area (Å²) in [6, 6.07) is 8.11. The van der Waals surface area contributed by atoms with Crippen molar-refractivity contribution in [1.82, 2.24) is 24.6 Å². The lowest BCUT2D eigenvalue weighted by Gasteiger charge is -2.54. The van der Waals surface area contributed by atoms with Crippen LogP contribution in [0.5, 0.6) is 0 Å². The fourth-order valence-electron chi connectivity index (χ4n) is 5.05. The minimum Gasteiger partial charge on any atom is -0.403 e. The highest BCUT2D eigenvalue weighted by atomic mass is 16.2. The number of amides is 1. The first kappa shape index (κ1) is 23.1. The Morgan fingerprint density at radius 3 is 2.47 bits per heavy atom. The number of aryl methyl sites for hydroxylation is 1. The highest BCUT2D eigenvalue weighted by Gasteiger charge is 2.45. The Morgan fingerprint density at radius 2 is 1.89 bits per heavy atom. The zero-order chi connectivity index (χ0) is 25.3. The maximum absolute atomic E-state index is 11.8. The van der Waals surface area contributed by atoms with Crippen molar-refractivity contribution in [1.29, 1.82) is 5.26 Å². The molecule has 3 aromatic heterocycles. The van der Waals surface area contributed by atoms with Crippen LogP contribution in [0.4, 0.5) is 5.82 Å². The van der Waals surface area contributed by atoms with Crippen molar-refractivity contribution in [2.75, 3.05) is 31.1 Å². The first-order valence-electron chi connectivity index (χ1n) is 11.7. The number of nitrogens with zero attached hydrogens (tertiary/aromatic N) is 7. The van der Waals surface area contributed by atoms with E-state index in [1.807, 2.05) is 37.6 Å². The van der Waals surface area contributed by atoms with Gasteiger partial charge in [-0.25, -0.2) is 4.98 Å². The molecule has 3 aromatic rings. The van der Waals surface area contributed by atoms with E-state index in [1.165, 1.54) is 6.20 Å². The predicted octanol–water partition coefficient (Wildman–Crippen LogP) is 2.43. The van der Waals surface area contributed by atoms with Crippen molar-refractivity contribution < 1.29 is 4.79 Å². The van der Waals surface area contributed by atoms with Crippen LogP contribution in [0.3, 0.4) is 0 Å². The van der Waals surface area contributed by atoms with Gasteiger partial charge in [-0.1, -0.05) is 0 Å². The highest BCUT2D eigenvalue weighted by Crippen LogP contribution is 2.42. The lowest BCUT2D eigenvalue weighted by Crippen LogP contribution is -2.61. The minimum atomic E-state index is -0.219.